The number of nitrogens with one attached hydrogen (secondary N) is 4. The fourth-order valence-corrected chi connectivity index (χ4v) is 16.9. The number of fused-ring (bicyclic) bond motifs is 2. The monoisotopic (exact) mass is 1330 g/mol. The molecule has 4 bridgehead atoms. The van der Waals surface area contributed by atoms with E-state index in [9.17, 15) is 53.7 Å². The second kappa shape index (κ2) is 28.4. The lowest BCUT2D eigenvalue weighted by Crippen LogP contribution is -2.64. The van der Waals surface area contributed by atoms with Gasteiger partial charge < -0.3 is 50.5 Å². The Balaban J connectivity index is 0.675. The molecule has 2 aliphatic heterocycles. The van der Waals surface area contributed by atoms with Gasteiger partial charge in [-0.15, -0.1) is 0 Å². The van der Waals surface area contributed by atoms with Crippen LogP contribution in [0, 0.1) is 29.1 Å². The van der Waals surface area contributed by atoms with Gasteiger partial charge in [0.25, 0.3) is 17.7 Å². The first-order valence-corrected chi connectivity index (χ1v) is 33.8. The van der Waals surface area contributed by atoms with Gasteiger partial charge in [0.05, 0.1) is 28.6 Å². The maximum absolute atomic E-state index is 13.8. The van der Waals surface area contributed by atoms with Crippen molar-refractivity contribution in [2.45, 2.75) is 162 Å². The van der Waals surface area contributed by atoms with E-state index in [0.29, 0.717) is 84.2 Å². The molecule has 6 aromatic rings. The average molecular weight is 1330 g/mol. The molecule has 4 fully saturated rings. The van der Waals surface area contributed by atoms with Crippen molar-refractivity contribution in [2.75, 3.05) is 48.3 Å². The summed E-state index contributed by atoms with van der Waals surface area (Å²) in [7, 11) is 0. The third-order valence-electron chi connectivity index (χ3n) is 19.4. The Hall–Kier alpha value is -8.91. The lowest BCUT2D eigenvalue weighted by atomic mass is 9.39. The average Bonchev–Trinajstić information content (AvgIpc) is 0.921. The van der Waals surface area contributed by atoms with Gasteiger partial charge in [-0.2, -0.15) is 5.10 Å². The van der Waals surface area contributed by atoms with Gasteiger partial charge >= 0.3 is 12.1 Å². The highest BCUT2D eigenvalue weighted by atomic mass is 32.1. The van der Waals surface area contributed by atoms with Crippen LogP contribution in [0.25, 0.3) is 21.3 Å². The summed E-state index contributed by atoms with van der Waals surface area (Å²) < 4.78 is 15.8. The zero-order valence-electron chi connectivity index (χ0n) is 55.2. The molecule has 5 heterocycles. The van der Waals surface area contributed by atoms with Crippen molar-refractivity contribution in [1.29, 1.82) is 0 Å². The minimum absolute atomic E-state index is 0.00711. The Kier molecular flexibility index (Phi) is 20.3. The Morgan fingerprint density at radius 2 is 1.52 bits per heavy atom. The number of aliphatic hydroxyl groups is 2. The molecule has 4 atom stereocenters. The second-order valence-electron chi connectivity index (χ2n) is 27.9. The molecule has 3 aromatic carbocycles. The zero-order chi connectivity index (χ0) is 68.3. The minimum atomic E-state index is -1.66. The first-order chi connectivity index (χ1) is 45.8. The van der Waals surface area contributed by atoms with Gasteiger partial charge in [0.15, 0.2) is 17.1 Å². The molecular weight excluding hydrogens is 1250 g/mol. The highest BCUT2D eigenvalue weighted by Crippen LogP contribution is 2.72. The summed E-state index contributed by atoms with van der Waals surface area (Å²) in [5.41, 5.74) is 5.29. The molecule has 0 radical (unpaired) electrons. The van der Waals surface area contributed by atoms with Gasteiger partial charge in [-0.05, 0) is 153 Å². The molecule has 7 N–H and O–H groups in total. The number of carboxylic acids is 1. The number of carbonyl (C=O) groups is 8. The van der Waals surface area contributed by atoms with Crippen LogP contribution in [0.15, 0.2) is 97.2 Å². The van der Waals surface area contributed by atoms with E-state index < -0.39 is 47.9 Å². The molecule has 6 aliphatic rings. The van der Waals surface area contributed by atoms with Gasteiger partial charge in [0.2, 0.25) is 17.7 Å². The normalized spacial score (nSPS) is 21.6. The number of benzene rings is 3. The Morgan fingerprint density at radius 3 is 2.23 bits per heavy atom. The van der Waals surface area contributed by atoms with Crippen molar-refractivity contribution >= 4 is 85.7 Å². The van der Waals surface area contributed by atoms with Crippen LogP contribution in [0.5, 0.6) is 0 Å². The Morgan fingerprint density at radius 1 is 0.781 bits per heavy atom. The molecule has 0 spiro atoms. The lowest BCUT2D eigenvalue weighted by molar-refractivity contribution is -0.248. The first kappa shape index (κ1) is 68.5. The van der Waals surface area contributed by atoms with Crippen molar-refractivity contribution in [1.82, 2.24) is 40.2 Å². The van der Waals surface area contributed by atoms with Crippen molar-refractivity contribution < 1.29 is 63.1 Å². The summed E-state index contributed by atoms with van der Waals surface area (Å²) >= 11 is 1.41. The third kappa shape index (κ3) is 15.6. The van der Waals surface area contributed by atoms with Crippen LogP contribution >= 0.6 is 11.3 Å². The lowest BCUT2D eigenvalue weighted by Gasteiger charge is -2.69. The maximum Gasteiger partial charge on any atom is 0.410 e. The van der Waals surface area contributed by atoms with E-state index >= 15 is 0 Å². The van der Waals surface area contributed by atoms with E-state index in [1.54, 1.807) is 50.4 Å². The van der Waals surface area contributed by atoms with Crippen LogP contribution < -0.4 is 26.2 Å². The Labute approximate surface area is 561 Å². The van der Waals surface area contributed by atoms with E-state index in [1.165, 1.54) is 35.3 Å². The number of aromatic carboxylic acids is 1. The van der Waals surface area contributed by atoms with E-state index in [-0.39, 0.29) is 97.2 Å². The fraction of sp³-hybridized carbons (Fsp3) is 0.479. The molecule has 2 unspecified atom stereocenters. The summed E-state index contributed by atoms with van der Waals surface area (Å²) in [4.78, 5) is 118. The standard InChI is InChI=1S/C71H85N11O13S/c1-43(2)60(77-56(83)17-8-7-11-28-81-57(84)24-25-58(81)85)64(90)73-44(3)62(88)74-48-20-18-46(19-21-48)35-94-67(93)79(30-27-59(86)87)31-32-95-71-39-68(5)36-69(6,40-71)38-70(37-68,41-71)42-82-45(4)51(33-72-82)49-22-23-55(76-61(49)65(91)92)80-29-26-47-13-12-14-50(52(47)34-80)63(89)78-66-75-53-15-9-10-16-54(53)96-66/h9-10,12-16,18-25,33,43-44,59-60,86-87H,7-8,11,17,26-32,34-42H2,1-6H3,(H,73,90)(H,74,88)(H,77,83)(H,91,92)(H,75,78,89)/t44-,60-,68?,69?,70?,71?/m0/s1. The third-order valence-corrected chi connectivity index (χ3v) is 20.4. The van der Waals surface area contributed by atoms with Crippen molar-refractivity contribution in [3.8, 4) is 11.1 Å². The number of para-hydroxylation sites is 1. The number of imide groups is 1. The number of hydrogen-bond donors (Lipinski definition) is 7. The number of anilines is 3. The summed E-state index contributed by atoms with van der Waals surface area (Å²) in [6.45, 7) is 13.7. The predicted octanol–water partition coefficient (Wildman–Crippen LogP) is 8.92. The van der Waals surface area contributed by atoms with Gasteiger partial charge in [-0.1, -0.05) is 81.9 Å². The number of amides is 7. The van der Waals surface area contributed by atoms with Crippen LogP contribution in [0.4, 0.5) is 21.4 Å². The molecule has 25 heteroatoms. The SMILES string of the molecule is Cc1c(-c2ccc(N3CCc4cccc(C(=O)Nc5nc6ccccc6s5)c4C3)nc2C(=O)O)cnn1CC12CC3(C)CC(C)(C1)CC(OCCN(CCC(O)O)C(=O)OCc1ccc(NC(=O)[C@H](C)NC(=O)[C@@H](NC(=O)CCCCCN4C(=O)C=CC4=O)C(C)C)cc1)(C3)C2. The molecule has 4 aliphatic carbocycles. The number of hydrogen-bond acceptors (Lipinski definition) is 17. The molecule has 3 aromatic heterocycles. The summed E-state index contributed by atoms with van der Waals surface area (Å²) in [6, 6.07) is 21.8. The number of carbonyl (C=O) groups excluding carboxylic acids is 7. The minimum Gasteiger partial charge on any atom is -0.476 e. The van der Waals surface area contributed by atoms with Gasteiger partial charge in [-0.25, -0.2) is 19.6 Å². The van der Waals surface area contributed by atoms with Crippen molar-refractivity contribution in [3.05, 3.63) is 131 Å². The number of aromatic nitrogens is 4. The quantitative estimate of drug-likeness (QED) is 0.0137. The number of pyridine rings is 1. The predicted molar refractivity (Wildman–Crippen MR) is 359 cm³/mol. The maximum atomic E-state index is 13.8. The number of unbranched alkanes of at least 4 members (excludes halogenated alkanes) is 2. The summed E-state index contributed by atoms with van der Waals surface area (Å²) in [6.07, 6.45) is 9.53. The number of carboxylic acid groups (broad SMARTS) is 1. The summed E-state index contributed by atoms with van der Waals surface area (Å²) in [5.74, 6) is -3.29. The first-order valence-electron chi connectivity index (χ1n) is 33.0. The number of nitrogens with zero attached hydrogens (tertiary/aromatic N) is 7. The summed E-state index contributed by atoms with van der Waals surface area (Å²) in [5, 5.41) is 47.2. The van der Waals surface area contributed by atoms with Crippen LogP contribution in [0.2, 0.25) is 0 Å². The topological polar surface area (TPSA) is 317 Å². The molecule has 7 amide bonds. The van der Waals surface area contributed by atoms with Crippen LogP contribution in [0.3, 0.4) is 0 Å². The van der Waals surface area contributed by atoms with Gasteiger partial charge in [0.1, 0.15) is 24.5 Å². The van der Waals surface area contributed by atoms with E-state index in [1.807, 2.05) is 65.0 Å². The van der Waals surface area contributed by atoms with Crippen molar-refractivity contribution in [2.24, 2.45) is 22.2 Å². The number of aliphatic hydroxyl groups excluding tert-OH is 1. The van der Waals surface area contributed by atoms with Gasteiger partial charge in [-0.3, -0.25) is 43.7 Å². The number of thiazole rings is 1. The molecular formula is C71H85N11O13S. The molecule has 96 heavy (non-hydrogen) atoms. The molecule has 508 valence electrons. The molecule has 12 rings (SSSR count). The highest BCUT2D eigenvalue weighted by Gasteiger charge is 2.66. The highest BCUT2D eigenvalue weighted by molar-refractivity contribution is 7.22. The molecule has 4 saturated carbocycles. The molecule has 0 saturated heterocycles. The fourth-order valence-electron chi connectivity index (χ4n) is 16.1. The zero-order valence-corrected chi connectivity index (χ0v) is 56.0. The number of rotatable bonds is 28. The largest absolute Gasteiger partial charge is 0.476 e. The van der Waals surface area contributed by atoms with E-state index in [2.05, 4.69) is 40.1 Å². The van der Waals surface area contributed by atoms with E-state index in [0.717, 1.165) is 70.5 Å². The van der Waals surface area contributed by atoms with E-state index in [4.69, 9.17) is 19.6 Å². The molecule has 24 nitrogen and oxygen atoms in total. The van der Waals surface area contributed by atoms with Crippen LogP contribution in [-0.4, -0.2) is 149 Å². The Bertz CT molecular complexity index is 3930. The van der Waals surface area contributed by atoms with Gasteiger partial charge in [0, 0.05) is 92.3 Å². The van der Waals surface area contributed by atoms with Crippen LogP contribution in [0.1, 0.15) is 148 Å². The number of ether oxygens (including phenoxy) is 2. The smallest absolute Gasteiger partial charge is 0.410 e. The van der Waals surface area contributed by atoms with Crippen LogP contribution in [-0.2, 0) is 59.6 Å². The van der Waals surface area contributed by atoms with Crippen molar-refractivity contribution in [3.63, 3.8) is 0 Å². The second-order valence-corrected chi connectivity index (χ2v) is 29.0.